The molecule has 1 aromatic rings. The molecule has 5 nitrogen and oxygen atoms in total. The summed E-state index contributed by atoms with van der Waals surface area (Å²) in [7, 11) is 0. The minimum Gasteiger partial charge on any atom is -0.370 e. The van der Waals surface area contributed by atoms with E-state index in [9.17, 15) is 0 Å². The fourth-order valence-electron chi connectivity index (χ4n) is 1.58. The second-order valence-electron chi connectivity index (χ2n) is 4.04. The molecule has 0 amide bonds. The van der Waals surface area contributed by atoms with Crippen LogP contribution in [0.5, 0.6) is 0 Å². The van der Waals surface area contributed by atoms with Gasteiger partial charge in [-0.3, -0.25) is 0 Å². The number of guanidine groups is 1. The minimum atomic E-state index is 0.193. The molecule has 2 unspecified atom stereocenters. The van der Waals surface area contributed by atoms with Gasteiger partial charge in [-0.15, -0.1) is 0 Å². The van der Waals surface area contributed by atoms with Crippen molar-refractivity contribution in [2.75, 3.05) is 5.32 Å². The number of anilines is 1. The van der Waals surface area contributed by atoms with Crippen LogP contribution in [0.15, 0.2) is 35.3 Å². The van der Waals surface area contributed by atoms with E-state index >= 15 is 0 Å². The molecular weight excluding hydrogens is 202 g/mol. The maximum atomic E-state index is 5.76. The highest BCUT2D eigenvalue weighted by atomic mass is 15.2. The normalized spacial score (nSPS) is 25.1. The quantitative estimate of drug-likeness (QED) is 0.603. The summed E-state index contributed by atoms with van der Waals surface area (Å²) in [6.45, 7) is 4.17. The highest BCUT2D eigenvalue weighted by Gasteiger charge is 2.15. The summed E-state index contributed by atoms with van der Waals surface area (Å²) in [5.41, 5.74) is 6.75. The zero-order valence-corrected chi connectivity index (χ0v) is 9.49. The van der Waals surface area contributed by atoms with Gasteiger partial charge in [-0.25, -0.2) is 4.99 Å². The Balaban J connectivity index is 2.15. The van der Waals surface area contributed by atoms with Crippen molar-refractivity contribution in [3.63, 3.8) is 0 Å². The molecule has 5 N–H and O–H groups in total. The standard InChI is InChI=1S/C11H17N5/c1-7-5-10(15-9-3-4-13-6-9)16-11(12)14-8(7)2/h3-8,13,15H,1-2H3,(H3,12,14,16). The van der Waals surface area contributed by atoms with Gasteiger partial charge >= 0.3 is 0 Å². The number of rotatable bonds is 2. The van der Waals surface area contributed by atoms with E-state index in [0.29, 0.717) is 11.9 Å². The van der Waals surface area contributed by atoms with Crippen molar-refractivity contribution in [1.29, 1.82) is 0 Å². The lowest BCUT2D eigenvalue weighted by atomic mass is 10.0. The van der Waals surface area contributed by atoms with Gasteiger partial charge in [0.2, 0.25) is 0 Å². The number of aliphatic imine (C=N–C) groups is 1. The molecule has 0 fully saturated rings. The Morgan fingerprint density at radius 3 is 2.94 bits per heavy atom. The van der Waals surface area contributed by atoms with Gasteiger partial charge in [-0.05, 0) is 19.1 Å². The zero-order valence-electron chi connectivity index (χ0n) is 9.49. The lowest BCUT2D eigenvalue weighted by molar-refractivity contribution is 0.586. The average molecular weight is 219 g/mol. The second kappa shape index (κ2) is 4.30. The summed E-state index contributed by atoms with van der Waals surface area (Å²) in [5.74, 6) is 1.67. The van der Waals surface area contributed by atoms with Gasteiger partial charge in [0.15, 0.2) is 5.96 Å². The predicted molar refractivity (Wildman–Crippen MR) is 65.9 cm³/mol. The molecule has 2 heterocycles. The Bertz CT molecular complexity index is 404. The number of nitrogens with one attached hydrogen (secondary N) is 3. The van der Waals surface area contributed by atoms with Crippen LogP contribution in [0, 0.1) is 5.92 Å². The van der Waals surface area contributed by atoms with Crippen LogP contribution in [0.4, 0.5) is 5.69 Å². The largest absolute Gasteiger partial charge is 0.370 e. The maximum absolute atomic E-state index is 5.76. The molecular formula is C11H17N5. The summed E-state index contributed by atoms with van der Waals surface area (Å²) in [4.78, 5) is 7.31. The van der Waals surface area contributed by atoms with Gasteiger partial charge in [0, 0.05) is 18.3 Å². The topological polar surface area (TPSA) is 78.2 Å². The molecule has 2 atom stereocenters. The van der Waals surface area contributed by atoms with Crippen molar-refractivity contribution in [2.24, 2.45) is 16.6 Å². The Hall–Kier alpha value is -1.91. The SMILES string of the molecule is CC1C=C(Nc2cc[nH]c2)NC(N)=NC1C. The second-order valence-corrected chi connectivity index (χ2v) is 4.04. The first kappa shape index (κ1) is 10.6. The van der Waals surface area contributed by atoms with Crippen molar-refractivity contribution in [3.05, 3.63) is 30.4 Å². The molecule has 0 bridgehead atoms. The van der Waals surface area contributed by atoms with Crippen molar-refractivity contribution >= 4 is 11.6 Å². The van der Waals surface area contributed by atoms with Crippen molar-refractivity contribution in [3.8, 4) is 0 Å². The molecule has 0 aliphatic carbocycles. The third kappa shape index (κ3) is 2.36. The van der Waals surface area contributed by atoms with E-state index in [1.165, 1.54) is 0 Å². The first-order valence-corrected chi connectivity index (χ1v) is 5.37. The predicted octanol–water partition coefficient (Wildman–Crippen LogP) is 1.21. The van der Waals surface area contributed by atoms with E-state index in [-0.39, 0.29) is 6.04 Å². The zero-order chi connectivity index (χ0) is 11.5. The number of aromatic nitrogens is 1. The van der Waals surface area contributed by atoms with E-state index in [1.54, 1.807) is 0 Å². The van der Waals surface area contributed by atoms with Crippen molar-refractivity contribution < 1.29 is 0 Å². The minimum absolute atomic E-state index is 0.193. The number of aromatic amines is 1. The van der Waals surface area contributed by atoms with Crippen LogP contribution >= 0.6 is 0 Å². The smallest absolute Gasteiger partial charge is 0.194 e. The molecule has 0 radical (unpaired) electrons. The summed E-state index contributed by atoms with van der Waals surface area (Å²) in [5, 5.41) is 6.28. The Kier molecular flexibility index (Phi) is 2.85. The third-order valence-corrected chi connectivity index (χ3v) is 2.67. The Morgan fingerprint density at radius 2 is 2.25 bits per heavy atom. The van der Waals surface area contributed by atoms with Crippen LogP contribution in [0.3, 0.4) is 0 Å². The van der Waals surface area contributed by atoms with Crippen LogP contribution in [0.25, 0.3) is 0 Å². The Morgan fingerprint density at radius 1 is 1.44 bits per heavy atom. The van der Waals surface area contributed by atoms with Gasteiger partial charge in [-0.1, -0.05) is 6.92 Å². The van der Waals surface area contributed by atoms with Crippen LogP contribution in [0.1, 0.15) is 13.8 Å². The van der Waals surface area contributed by atoms with Gasteiger partial charge in [0.05, 0.1) is 11.7 Å². The molecule has 1 aliphatic rings. The molecule has 0 spiro atoms. The lowest BCUT2D eigenvalue weighted by Crippen LogP contribution is -2.33. The number of hydrogen-bond acceptors (Lipinski definition) is 4. The van der Waals surface area contributed by atoms with Crippen LogP contribution < -0.4 is 16.4 Å². The lowest BCUT2D eigenvalue weighted by Gasteiger charge is -2.11. The van der Waals surface area contributed by atoms with Crippen LogP contribution in [0.2, 0.25) is 0 Å². The van der Waals surface area contributed by atoms with E-state index in [1.807, 2.05) is 18.5 Å². The summed E-state index contributed by atoms with van der Waals surface area (Å²) >= 11 is 0. The summed E-state index contributed by atoms with van der Waals surface area (Å²) in [6, 6.07) is 2.15. The average Bonchev–Trinajstić information content (AvgIpc) is 2.65. The van der Waals surface area contributed by atoms with Crippen molar-refractivity contribution in [1.82, 2.24) is 10.3 Å². The molecule has 86 valence electrons. The number of H-pyrrole nitrogens is 1. The molecule has 0 aromatic carbocycles. The van der Waals surface area contributed by atoms with Crippen molar-refractivity contribution in [2.45, 2.75) is 19.9 Å². The maximum Gasteiger partial charge on any atom is 0.194 e. The van der Waals surface area contributed by atoms with Crippen LogP contribution in [-0.4, -0.2) is 17.0 Å². The molecule has 5 heteroatoms. The van der Waals surface area contributed by atoms with E-state index < -0.39 is 0 Å². The van der Waals surface area contributed by atoms with E-state index in [4.69, 9.17) is 5.73 Å². The highest BCUT2D eigenvalue weighted by Crippen LogP contribution is 2.15. The van der Waals surface area contributed by atoms with Gasteiger partial charge < -0.3 is 21.4 Å². The summed E-state index contributed by atoms with van der Waals surface area (Å²) < 4.78 is 0. The number of nitrogens with zero attached hydrogens (tertiary/aromatic N) is 1. The number of hydrogen-bond donors (Lipinski definition) is 4. The van der Waals surface area contributed by atoms with E-state index in [2.05, 4.69) is 40.5 Å². The molecule has 0 saturated heterocycles. The monoisotopic (exact) mass is 219 g/mol. The van der Waals surface area contributed by atoms with Gasteiger partial charge in [0.1, 0.15) is 5.82 Å². The van der Waals surface area contributed by atoms with Crippen LogP contribution in [-0.2, 0) is 0 Å². The first-order chi connectivity index (χ1) is 7.65. The summed E-state index contributed by atoms with van der Waals surface area (Å²) in [6.07, 6.45) is 5.85. The van der Waals surface area contributed by atoms with Gasteiger partial charge in [0.25, 0.3) is 0 Å². The molecule has 0 saturated carbocycles. The molecule has 1 aliphatic heterocycles. The third-order valence-electron chi connectivity index (χ3n) is 2.67. The molecule has 16 heavy (non-hydrogen) atoms. The highest BCUT2D eigenvalue weighted by molar-refractivity contribution is 5.80. The molecule has 1 aromatic heterocycles. The molecule has 2 rings (SSSR count). The van der Waals surface area contributed by atoms with E-state index in [0.717, 1.165) is 11.5 Å². The fraction of sp³-hybridized carbons (Fsp3) is 0.364. The van der Waals surface area contributed by atoms with Gasteiger partial charge in [-0.2, -0.15) is 0 Å². The first-order valence-electron chi connectivity index (χ1n) is 5.37. The fourth-order valence-corrected chi connectivity index (χ4v) is 1.58. The number of nitrogens with two attached hydrogens (primary N) is 1. The Labute approximate surface area is 94.8 Å².